The second-order valence-corrected chi connectivity index (χ2v) is 2.58. The van der Waals surface area contributed by atoms with Crippen LogP contribution in [-0.2, 0) is 0 Å². The van der Waals surface area contributed by atoms with Crippen LogP contribution < -0.4 is 5.73 Å². The molecule has 1 atom stereocenters. The van der Waals surface area contributed by atoms with Gasteiger partial charge in [0.15, 0.2) is 0 Å². The molecule has 0 fully saturated rings. The predicted octanol–water partition coefficient (Wildman–Crippen LogP) is 1.53. The molecule has 0 saturated heterocycles. The SMILES string of the molecule is NCC(c1cc(F)ccn1)C(F)F. The highest BCUT2D eigenvalue weighted by molar-refractivity contribution is 5.12. The number of hydrogen-bond acceptors (Lipinski definition) is 2. The molecule has 1 unspecified atom stereocenters. The zero-order chi connectivity index (χ0) is 9.84. The Hall–Kier alpha value is -1.10. The number of rotatable bonds is 3. The van der Waals surface area contributed by atoms with E-state index in [-0.39, 0.29) is 12.2 Å². The molecular formula is C8H9F3N2. The van der Waals surface area contributed by atoms with E-state index in [0.29, 0.717) is 0 Å². The van der Waals surface area contributed by atoms with Crippen LogP contribution in [0, 0.1) is 5.82 Å². The largest absolute Gasteiger partial charge is 0.330 e. The van der Waals surface area contributed by atoms with Crippen LogP contribution in [0.15, 0.2) is 18.3 Å². The minimum absolute atomic E-state index is 0.00231. The second-order valence-electron chi connectivity index (χ2n) is 2.58. The lowest BCUT2D eigenvalue weighted by Crippen LogP contribution is -2.20. The van der Waals surface area contributed by atoms with Crippen LogP contribution in [0.3, 0.4) is 0 Å². The van der Waals surface area contributed by atoms with Crippen molar-refractivity contribution in [1.82, 2.24) is 4.98 Å². The number of halogens is 3. The Labute approximate surface area is 73.6 Å². The summed E-state index contributed by atoms with van der Waals surface area (Å²) in [5.74, 6) is -1.76. The molecule has 0 spiro atoms. The van der Waals surface area contributed by atoms with E-state index in [1.807, 2.05) is 0 Å². The molecule has 5 heteroatoms. The van der Waals surface area contributed by atoms with Gasteiger partial charge in [0.25, 0.3) is 0 Å². The lowest BCUT2D eigenvalue weighted by molar-refractivity contribution is 0.115. The summed E-state index contributed by atoms with van der Waals surface area (Å²) in [7, 11) is 0. The average Bonchev–Trinajstić information content (AvgIpc) is 2.04. The molecular weight excluding hydrogens is 181 g/mol. The van der Waals surface area contributed by atoms with Crippen LogP contribution in [0.25, 0.3) is 0 Å². The van der Waals surface area contributed by atoms with Crippen LogP contribution in [0.5, 0.6) is 0 Å². The molecule has 0 saturated carbocycles. The molecule has 2 N–H and O–H groups in total. The summed E-state index contributed by atoms with van der Waals surface area (Å²) in [4.78, 5) is 3.63. The van der Waals surface area contributed by atoms with Crippen molar-refractivity contribution in [3.63, 3.8) is 0 Å². The third-order valence-electron chi connectivity index (χ3n) is 1.68. The van der Waals surface area contributed by atoms with Crippen LogP contribution in [0.2, 0.25) is 0 Å². The Morgan fingerprint density at radius 1 is 1.46 bits per heavy atom. The van der Waals surface area contributed by atoms with Crippen molar-refractivity contribution in [2.24, 2.45) is 5.73 Å². The molecule has 72 valence electrons. The molecule has 13 heavy (non-hydrogen) atoms. The first-order valence-corrected chi connectivity index (χ1v) is 3.75. The first kappa shape index (κ1) is 9.98. The Balaban J connectivity index is 2.91. The van der Waals surface area contributed by atoms with E-state index in [1.54, 1.807) is 0 Å². The third kappa shape index (κ3) is 2.42. The van der Waals surface area contributed by atoms with Gasteiger partial charge in [0, 0.05) is 12.7 Å². The topological polar surface area (TPSA) is 38.9 Å². The van der Waals surface area contributed by atoms with Crippen molar-refractivity contribution in [3.05, 3.63) is 29.8 Å². The highest BCUT2D eigenvalue weighted by Crippen LogP contribution is 2.20. The smallest absolute Gasteiger partial charge is 0.248 e. The van der Waals surface area contributed by atoms with Gasteiger partial charge in [0.2, 0.25) is 6.43 Å². The molecule has 1 heterocycles. The summed E-state index contributed by atoms with van der Waals surface area (Å²) in [6.45, 7) is -0.242. The average molecular weight is 190 g/mol. The zero-order valence-electron chi connectivity index (χ0n) is 6.75. The first-order valence-electron chi connectivity index (χ1n) is 3.75. The van der Waals surface area contributed by atoms with Crippen molar-refractivity contribution < 1.29 is 13.2 Å². The van der Waals surface area contributed by atoms with Crippen LogP contribution in [-0.4, -0.2) is 18.0 Å². The molecule has 1 aromatic rings. The van der Waals surface area contributed by atoms with E-state index < -0.39 is 18.2 Å². The quantitative estimate of drug-likeness (QED) is 0.784. The summed E-state index contributed by atoms with van der Waals surface area (Å²) in [6, 6.07) is 2.08. The van der Waals surface area contributed by atoms with Gasteiger partial charge in [-0.25, -0.2) is 13.2 Å². The van der Waals surface area contributed by atoms with Gasteiger partial charge in [0.1, 0.15) is 5.82 Å². The molecule has 0 amide bonds. The summed E-state index contributed by atoms with van der Waals surface area (Å²) in [5.41, 5.74) is 5.11. The lowest BCUT2D eigenvalue weighted by atomic mass is 10.1. The van der Waals surface area contributed by atoms with E-state index in [9.17, 15) is 13.2 Å². The zero-order valence-corrected chi connectivity index (χ0v) is 6.75. The molecule has 0 aliphatic rings. The molecule has 1 rings (SSSR count). The van der Waals surface area contributed by atoms with Gasteiger partial charge in [0.05, 0.1) is 11.6 Å². The van der Waals surface area contributed by atoms with Gasteiger partial charge >= 0.3 is 0 Å². The van der Waals surface area contributed by atoms with Gasteiger partial charge in [-0.15, -0.1) is 0 Å². The number of alkyl halides is 2. The van der Waals surface area contributed by atoms with Gasteiger partial charge < -0.3 is 5.73 Å². The minimum atomic E-state index is -2.61. The van der Waals surface area contributed by atoms with E-state index >= 15 is 0 Å². The fourth-order valence-electron chi connectivity index (χ4n) is 0.977. The standard InChI is InChI=1S/C8H9F3N2/c9-5-1-2-13-7(3-5)6(4-12)8(10)11/h1-3,6,8H,4,12H2. The summed E-state index contributed by atoms with van der Waals surface area (Å²) < 4.78 is 37.2. The van der Waals surface area contributed by atoms with Crippen molar-refractivity contribution in [2.45, 2.75) is 12.3 Å². The fraction of sp³-hybridized carbons (Fsp3) is 0.375. The van der Waals surface area contributed by atoms with E-state index in [2.05, 4.69) is 4.98 Å². The van der Waals surface area contributed by atoms with Crippen LogP contribution in [0.4, 0.5) is 13.2 Å². The van der Waals surface area contributed by atoms with Crippen molar-refractivity contribution in [3.8, 4) is 0 Å². The molecule has 0 aromatic carbocycles. The highest BCUT2D eigenvalue weighted by atomic mass is 19.3. The summed E-state index contributed by atoms with van der Waals surface area (Å²) in [5, 5.41) is 0. The molecule has 1 aromatic heterocycles. The highest BCUT2D eigenvalue weighted by Gasteiger charge is 2.22. The van der Waals surface area contributed by atoms with Gasteiger partial charge in [-0.05, 0) is 12.1 Å². The molecule has 0 bridgehead atoms. The van der Waals surface area contributed by atoms with E-state index in [0.717, 1.165) is 18.3 Å². The molecule has 0 aliphatic carbocycles. The maximum atomic E-state index is 12.6. The molecule has 0 aliphatic heterocycles. The van der Waals surface area contributed by atoms with Crippen molar-refractivity contribution >= 4 is 0 Å². The van der Waals surface area contributed by atoms with Crippen molar-refractivity contribution in [1.29, 1.82) is 0 Å². The number of hydrogen-bond donors (Lipinski definition) is 1. The maximum Gasteiger partial charge on any atom is 0.248 e. The number of nitrogens with two attached hydrogens (primary N) is 1. The van der Waals surface area contributed by atoms with Gasteiger partial charge in [-0.3, -0.25) is 4.98 Å². The van der Waals surface area contributed by atoms with E-state index in [4.69, 9.17) is 5.73 Å². The lowest BCUT2D eigenvalue weighted by Gasteiger charge is -2.12. The minimum Gasteiger partial charge on any atom is -0.330 e. The molecule has 0 radical (unpaired) electrons. The van der Waals surface area contributed by atoms with Crippen LogP contribution in [0.1, 0.15) is 11.6 Å². The Bertz CT molecular complexity index is 278. The Morgan fingerprint density at radius 3 is 2.62 bits per heavy atom. The number of aromatic nitrogens is 1. The first-order chi connectivity index (χ1) is 6.15. The van der Waals surface area contributed by atoms with Gasteiger partial charge in [-0.2, -0.15) is 0 Å². The predicted molar refractivity (Wildman–Crippen MR) is 42.0 cm³/mol. The number of pyridine rings is 1. The summed E-state index contributed by atoms with van der Waals surface area (Å²) in [6.07, 6.45) is -1.46. The summed E-state index contributed by atoms with van der Waals surface area (Å²) >= 11 is 0. The maximum absolute atomic E-state index is 12.6. The Morgan fingerprint density at radius 2 is 2.15 bits per heavy atom. The monoisotopic (exact) mass is 190 g/mol. The van der Waals surface area contributed by atoms with Crippen molar-refractivity contribution in [2.75, 3.05) is 6.54 Å². The van der Waals surface area contributed by atoms with Gasteiger partial charge in [-0.1, -0.05) is 0 Å². The number of nitrogens with zero attached hydrogens (tertiary/aromatic N) is 1. The normalized spacial score (nSPS) is 13.3. The molecule has 2 nitrogen and oxygen atoms in total. The van der Waals surface area contributed by atoms with Crippen LogP contribution >= 0.6 is 0 Å². The fourth-order valence-corrected chi connectivity index (χ4v) is 0.977. The third-order valence-corrected chi connectivity index (χ3v) is 1.68. The second kappa shape index (κ2) is 4.23. The van der Waals surface area contributed by atoms with E-state index in [1.165, 1.54) is 0 Å². The Kier molecular flexibility index (Phi) is 3.25.